The fourth-order valence-corrected chi connectivity index (χ4v) is 1.81. The number of hydrogen-bond acceptors (Lipinski definition) is 3. The summed E-state index contributed by atoms with van der Waals surface area (Å²) >= 11 is 0. The number of nitrogens with zero attached hydrogens (tertiary/aromatic N) is 1. The second-order valence-electron chi connectivity index (χ2n) is 3.78. The summed E-state index contributed by atoms with van der Waals surface area (Å²) in [5.74, 6) is 0. The number of likely N-dealkylation sites (tertiary alicyclic amines) is 1. The molecule has 0 aliphatic carbocycles. The van der Waals surface area contributed by atoms with Gasteiger partial charge in [0.2, 0.25) is 0 Å². The third kappa shape index (κ3) is 1.94. The van der Waals surface area contributed by atoms with Gasteiger partial charge in [-0.2, -0.15) is 0 Å². The largest absolute Gasteiger partial charge is 0.453 e. The quantitative estimate of drug-likeness (QED) is 0.663. The van der Waals surface area contributed by atoms with E-state index >= 15 is 0 Å². The lowest BCUT2D eigenvalue weighted by Gasteiger charge is -2.43. The first kappa shape index (κ1) is 10.3. The number of rotatable bonds is 1. The number of nitrogens with two attached hydrogens (primary N) is 1. The monoisotopic (exact) mass is 186 g/mol. The van der Waals surface area contributed by atoms with Crippen molar-refractivity contribution in [3.05, 3.63) is 0 Å². The van der Waals surface area contributed by atoms with E-state index in [9.17, 15) is 4.79 Å². The number of carbonyl (C=O) groups excluding carboxylic acids is 1. The van der Waals surface area contributed by atoms with Crippen LogP contribution in [0.2, 0.25) is 0 Å². The molecule has 0 spiro atoms. The van der Waals surface area contributed by atoms with Crippen LogP contribution in [0.1, 0.15) is 26.2 Å². The average molecular weight is 186 g/mol. The Morgan fingerprint density at radius 2 is 2.31 bits per heavy atom. The van der Waals surface area contributed by atoms with Crippen molar-refractivity contribution in [1.29, 1.82) is 0 Å². The summed E-state index contributed by atoms with van der Waals surface area (Å²) < 4.78 is 4.72. The molecule has 1 aliphatic heterocycles. The zero-order valence-corrected chi connectivity index (χ0v) is 8.38. The number of carbonyl (C=O) groups is 1. The maximum Gasteiger partial charge on any atom is 0.409 e. The van der Waals surface area contributed by atoms with Crippen molar-refractivity contribution in [2.45, 2.75) is 31.7 Å². The van der Waals surface area contributed by atoms with E-state index in [1.54, 1.807) is 4.90 Å². The minimum Gasteiger partial charge on any atom is -0.453 e. The highest BCUT2D eigenvalue weighted by Gasteiger charge is 2.36. The van der Waals surface area contributed by atoms with Crippen LogP contribution in [0.5, 0.6) is 0 Å². The molecule has 0 aromatic rings. The molecule has 1 saturated heterocycles. The van der Waals surface area contributed by atoms with Gasteiger partial charge in [0.25, 0.3) is 0 Å². The molecule has 1 amide bonds. The molecule has 0 saturated carbocycles. The molecule has 2 N–H and O–H groups in total. The lowest BCUT2D eigenvalue weighted by atomic mass is 9.89. The molecule has 1 aliphatic rings. The van der Waals surface area contributed by atoms with Crippen LogP contribution < -0.4 is 5.73 Å². The molecule has 0 radical (unpaired) electrons. The van der Waals surface area contributed by atoms with Crippen molar-refractivity contribution < 1.29 is 9.53 Å². The van der Waals surface area contributed by atoms with E-state index in [0.29, 0.717) is 6.54 Å². The molecule has 0 aromatic carbocycles. The van der Waals surface area contributed by atoms with Gasteiger partial charge in [-0.15, -0.1) is 0 Å². The Bertz CT molecular complexity index is 196. The van der Waals surface area contributed by atoms with Crippen molar-refractivity contribution in [3.8, 4) is 0 Å². The fraction of sp³-hybridized carbons (Fsp3) is 0.889. The fourth-order valence-electron chi connectivity index (χ4n) is 1.81. The van der Waals surface area contributed by atoms with Crippen LogP contribution in [0.4, 0.5) is 4.79 Å². The van der Waals surface area contributed by atoms with Crippen molar-refractivity contribution in [3.63, 3.8) is 0 Å². The van der Waals surface area contributed by atoms with E-state index in [0.717, 1.165) is 25.8 Å². The molecule has 4 nitrogen and oxygen atoms in total. The van der Waals surface area contributed by atoms with Crippen LogP contribution in [-0.2, 0) is 4.74 Å². The van der Waals surface area contributed by atoms with Gasteiger partial charge in [-0.3, -0.25) is 0 Å². The zero-order valence-electron chi connectivity index (χ0n) is 8.38. The molecule has 0 aromatic heterocycles. The van der Waals surface area contributed by atoms with Gasteiger partial charge in [0, 0.05) is 13.1 Å². The van der Waals surface area contributed by atoms with Gasteiger partial charge < -0.3 is 15.4 Å². The van der Waals surface area contributed by atoms with Crippen molar-refractivity contribution in [2.24, 2.45) is 5.73 Å². The van der Waals surface area contributed by atoms with Gasteiger partial charge in [0.1, 0.15) is 0 Å². The number of hydrogen-bond donors (Lipinski definition) is 1. The molecule has 13 heavy (non-hydrogen) atoms. The van der Waals surface area contributed by atoms with E-state index in [4.69, 9.17) is 10.5 Å². The highest BCUT2D eigenvalue weighted by molar-refractivity contribution is 5.68. The third-order valence-electron chi connectivity index (χ3n) is 2.83. The summed E-state index contributed by atoms with van der Waals surface area (Å²) in [5, 5.41) is 0. The van der Waals surface area contributed by atoms with Crippen molar-refractivity contribution in [1.82, 2.24) is 4.90 Å². The Morgan fingerprint density at radius 1 is 1.62 bits per heavy atom. The van der Waals surface area contributed by atoms with Gasteiger partial charge in [0.15, 0.2) is 0 Å². The standard InChI is InChI=1S/C9H18N2O2/c1-9(7-10)5-3-4-6-11(9)8(12)13-2/h3-7,10H2,1-2H3. The molecule has 1 rings (SSSR count). The van der Waals surface area contributed by atoms with Crippen LogP contribution in [-0.4, -0.2) is 36.7 Å². The Labute approximate surface area is 79.0 Å². The second kappa shape index (κ2) is 3.96. The summed E-state index contributed by atoms with van der Waals surface area (Å²) in [7, 11) is 1.41. The summed E-state index contributed by atoms with van der Waals surface area (Å²) in [5.41, 5.74) is 5.47. The predicted molar refractivity (Wildman–Crippen MR) is 50.4 cm³/mol. The second-order valence-corrected chi connectivity index (χ2v) is 3.78. The molecule has 4 heteroatoms. The molecule has 1 fully saturated rings. The number of ether oxygens (including phenoxy) is 1. The summed E-state index contributed by atoms with van der Waals surface area (Å²) in [6, 6.07) is 0. The summed E-state index contributed by atoms with van der Waals surface area (Å²) in [4.78, 5) is 13.1. The van der Waals surface area contributed by atoms with Gasteiger partial charge in [-0.1, -0.05) is 0 Å². The molecule has 76 valence electrons. The smallest absolute Gasteiger partial charge is 0.409 e. The topological polar surface area (TPSA) is 55.6 Å². The number of methoxy groups -OCH3 is 1. The van der Waals surface area contributed by atoms with E-state index < -0.39 is 0 Å². The number of amides is 1. The molecular weight excluding hydrogens is 168 g/mol. The van der Waals surface area contributed by atoms with Crippen LogP contribution >= 0.6 is 0 Å². The first-order valence-corrected chi connectivity index (χ1v) is 4.70. The highest BCUT2D eigenvalue weighted by atomic mass is 16.5. The Hall–Kier alpha value is -0.770. The minimum absolute atomic E-state index is 0.203. The third-order valence-corrected chi connectivity index (χ3v) is 2.83. The Morgan fingerprint density at radius 3 is 2.85 bits per heavy atom. The molecule has 1 heterocycles. The minimum atomic E-state index is -0.257. The van der Waals surface area contributed by atoms with Crippen LogP contribution in [0, 0.1) is 0 Å². The van der Waals surface area contributed by atoms with Gasteiger partial charge in [-0.05, 0) is 26.2 Å². The van der Waals surface area contributed by atoms with Gasteiger partial charge in [0.05, 0.1) is 12.6 Å². The van der Waals surface area contributed by atoms with Crippen LogP contribution in [0.15, 0.2) is 0 Å². The predicted octanol–water partition coefficient (Wildman–Crippen LogP) is 0.956. The van der Waals surface area contributed by atoms with Crippen LogP contribution in [0.25, 0.3) is 0 Å². The SMILES string of the molecule is COC(=O)N1CCCCC1(C)CN. The van der Waals surface area contributed by atoms with E-state index in [2.05, 4.69) is 0 Å². The molecule has 0 bridgehead atoms. The van der Waals surface area contributed by atoms with Crippen molar-refractivity contribution in [2.75, 3.05) is 20.2 Å². The van der Waals surface area contributed by atoms with E-state index in [1.165, 1.54) is 7.11 Å². The van der Waals surface area contributed by atoms with E-state index in [1.807, 2.05) is 6.92 Å². The number of piperidine rings is 1. The van der Waals surface area contributed by atoms with Gasteiger partial charge >= 0.3 is 6.09 Å². The highest BCUT2D eigenvalue weighted by Crippen LogP contribution is 2.27. The normalized spacial score (nSPS) is 28.7. The first-order chi connectivity index (χ1) is 6.14. The molecule has 1 atom stereocenters. The van der Waals surface area contributed by atoms with Crippen LogP contribution in [0.3, 0.4) is 0 Å². The maximum atomic E-state index is 11.4. The zero-order chi connectivity index (χ0) is 9.90. The maximum absolute atomic E-state index is 11.4. The van der Waals surface area contributed by atoms with Crippen molar-refractivity contribution >= 4 is 6.09 Å². The lowest BCUT2D eigenvalue weighted by Crippen LogP contribution is -2.56. The molecule has 1 unspecified atom stereocenters. The Balaban J connectivity index is 2.72. The average Bonchev–Trinajstić information content (AvgIpc) is 2.17. The summed E-state index contributed by atoms with van der Waals surface area (Å²) in [6.07, 6.45) is 2.90. The Kier molecular flexibility index (Phi) is 3.14. The first-order valence-electron chi connectivity index (χ1n) is 4.70. The lowest BCUT2D eigenvalue weighted by molar-refractivity contribution is 0.0505. The summed E-state index contributed by atoms with van der Waals surface area (Å²) in [6.45, 7) is 3.28. The molecular formula is C9H18N2O2. The van der Waals surface area contributed by atoms with E-state index in [-0.39, 0.29) is 11.6 Å². The van der Waals surface area contributed by atoms with Gasteiger partial charge in [-0.25, -0.2) is 4.79 Å².